The average molecular weight is 630 g/mol. The van der Waals surface area contributed by atoms with Crippen LogP contribution in [0.3, 0.4) is 0 Å². The number of carbonyl (C=O) groups excluding carboxylic acids is 2. The summed E-state index contributed by atoms with van der Waals surface area (Å²) in [5.74, 6) is -0.220. The Balaban J connectivity index is 1.33. The number of carbonyl (C=O) groups is 2. The number of thiazole rings is 1. The van der Waals surface area contributed by atoms with Crippen LogP contribution in [0.2, 0.25) is 0 Å². The monoisotopic (exact) mass is 629 g/mol. The van der Waals surface area contributed by atoms with Gasteiger partial charge in [-0.25, -0.2) is 18.2 Å². The number of hydrogen-bond acceptors (Lipinski definition) is 9. The highest BCUT2D eigenvalue weighted by Crippen LogP contribution is 2.33. The van der Waals surface area contributed by atoms with Crippen LogP contribution < -0.4 is 4.90 Å². The van der Waals surface area contributed by atoms with Gasteiger partial charge < -0.3 is 14.4 Å². The fourth-order valence-electron chi connectivity index (χ4n) is 5.44. The van der Waals surface area contributed by atoms with Gasteiger partial charge in [0, 0.05) is 57.9 Å². The van der Waals surface area contributed by atoms with Crippen LogP contribution in [0.25, 0.3) is 10.2 Å². The molecule has 0 saturated carbocycles. The van der Waals surface area contributed by atoms with E-state index in [1.165, 1.54) is 32.7 Å². The molecule has 2 aromatic carbocycles. The second kappa shape index (κ2) is 13.7. The minimum atomic E-state index is -3.79. The van der Waals surface area contributed by atoms with Crippen LogP contribution in [-0.2, 0) is 19.5 Å². The number of benzene rings is 2. The topological polar surface area (TPSA) is 113 Å². The van der Waals surface area contributed by atoms with Gasteiger partial charge in [0.25, 0.3) is 5.91 Å². The first-order chi connectivity index (χ1) is 20.7. The van der Waals surface area contributed by atoms with Crippen LogP contribution in [0.1, 0.15) is 34.8 Å². The van der Waals surface area contributed by atoms with Gasteiger partial charge in [-0.05, 0) is 68.7 Å². The van der Waals surface area contributed by atoms with E-state index in [0.717, 1.165) is 60.6 Å². The van der Waals surface area contributed by atoms with Crippen molar-refractivity contribution in [1.29, 1.82) is 0 Å². The second-order valence-electron chi connectivity index (χ2n) is 10.8. The van der Waals surface area contributed by atoms with Crippen LogP contribution >= 0.6 is 11.3 Å². The molecule has 5 rings (SSSR count). The van der Waals surface area contributed by atoms with Crippen molar-refractivity contribution < 1.29 is 27.5 Å². The van der Waals surface area contributed by atoms with Gasteiger partial charge in [-0.1, -0.05) is 17.4 Å². The number of piperazine rings is 1. The maximum Gasteiger partial charge on any atom is 0.409 e. The highest BCUT2D eigenvalue weighted by molar-refractivity contribution is 7.89. The Bertz CT molecular complexity index is 1540. The molecule has 2 amide bonds. The largest absolute Gasteiger partial charge is 0.450 e. The first kappa shape index (κ1) is 31.3. The van der Waals surface area contributed by atoms with Crippen molar-refractivity contribution in [1.82, 2.24) is 19.1 Å². The van der Waals surface area contributed by atoms with E-state index in [4.69, 9.17) is 14.5 Å². The molecule has 0 unspecified atom stereocenters. The molecule has 0 N–H and O–H groups in total. The zero-order chi connectivity index (χ0) is 30.6. The fourth-order valence-corrected chi connectivity index (χ4v) is 7.90. The van der Waals surface area contributed by atoms with Crippen LogP contribution in [0.5, 0.6) is 0 Å². The van der Waals surface area contributed by atoms with Gasteiger partial charge in [-0.15, -0.1) is 0 Å². The smallest absolute Gasteiger partial charge is 0.409 e. The third kappa shape index (κ3) is 7.18. The summed E-state index contributed by atoms with van der Waals surface area (Å²) in [6.07, 6.45) is 0.333. The van der Waals surface area contributed by atoms with Crippen molar-refractivity contribution >= 4 is 48.7 Å². The number of morpholine rings is 1. The highest BCUT2D eigenvalue weighted by Gasteiger charge is 2.31. The van der Waals surface area contributed by atoms with Crippen molar-refractivity contribution in [2.24, 2.45) is 0 Å². The molecule has 43 heavy (non-hydrogen) atoms. The number of ether oxygens (including phenoxy) is 2. The fraction of sp³-hybridized carbons (Fsp3) is 0.500. The van der Waals surface area contributed by atoms with Gasteiger partial charge in [0.1, 0.15) is 0 Å². The number of aromatic nitrogens is 1. The zero-order valence-corrected chi connectivity index (χ0v) is 26.6. The second-order valence-corrected chi connectivity index (χ2v) is 13.7. The Morgan fingerprint density at radius 2 is 1.72 bits per heavy atom. The maximum absolute atomic E-state index is 13.9. The lowest BCUT2D eigenvalue weighted by atomic mass is 10.1. The molecule has 0 bridgehead atoms. The van der Waals surface area contributed by atoms with E-state index in [0.29, 0.717) is 17.2 Å². The number of hydrogen-bond donors (Lipinski definition) is 0. The molecule has 3 aromatic rings. The van der Waals surface area contributed by atoms with Gasteiger partial charge in [0.05, 0.1) is 34.9 Å². The van der Waals surface area contributed by atoms with Crippen molar-refractivity contribution in [3.8, 4) is 0 Å². The molecule has 13 heteroatoms. The Labute approximate surface area is 257 Å². The Morgan fingerprint density at radius 3 is 2.40 bits per heavy atom. The number of fused-ring (bicyclic) bond motifs is 1. The van der Waals surface area contributed by atoms with Crippen molar-refractivity contribution in [3.05, 3.63) is 53.1 Å². The predicted molar refractivity (Wildman–Crippen MR) is 166 cm³/mol. The lowest BCUT2D eigenvalue weighted by Crippen LogP contribution is -2.50. The number of anilines is 1. The first-order valence-corrected chi connectivity index (χ1v) is 16.9. The van der Waals surface area contributed by atoms with Crippen LogP contribution in [0, 0.1) is 13.8 Å². The molecule has 0 radical (unpaired) electrons. The number of aryl methyl sites for hydroxylation is 2. The number of amides is 2. The van der Waals surface area contributed by atoms with Gasteiger partial charge >= 0.3 is 6.09 Å². The summed E-state index contributed by atoms with van der Waals surface area (Å²) in [6.45, 7) is 11.5. The Hall–Kier alpha value is -3.10. The Kier molecular flexibility index (Phi) is 9.97. The standard InChI is InChI=1S/C30H39N5O6S2/c1-4-41-30(37)33-12-14-34(15-13-33)43(38,39)25-8-6-24(7-9-25)28(36)35(11-5-10-32-16-18-40-19-17-32)29-31-26-21-22(2)20-23(3)27(26)42-29/h6-9,20-21H,4-5,10-19H2,1-3H3. The zero-order valence-electron chi connectivity index (χ0n) is 25.0. The number of sulfonamides is 1. The highest BCUT2D eigenvalue weighted by atomic mass is 32.2. The van der Waals surface area contributed by atoms with Crippen LogP contribution in [0.4, 0.5) is 9.93 Å². The van der Waals surface area contributed by atoms with Crippen molar-refractivity contribution in [2.75, 3.05) is 77.1 Å². The van der Waals surface area contributed by atoms with Gasteiger partial charge in [0.2, 0.25) is 10.0 Å². The minimum absolute atomic E-state index is 0.110. The molecule has 232 valence electrons. The molecule has 1 aromatic heterocycles. The van der Waals surface area contributed by atoms with E-state index in [-0.39, 0.29) is 43.6 Å². The molecule has 2 fully saturated rings. The van der Waals surface area contributed by atoms with E-state index in [2.05, 4.69) is 17.9 Å². The molecule has 0 spiro atoms. The molecule has 11 nitrogen and oxygen atoms in total. The molecule has 2 saturated heterocycles. The molecular weight excluding hydrogens is 590 g/mol. The number of rotatable bonds is 9. The van der Waals surface area contributed by atoms with E-state index in [9.17, 15) is 18.0 Å². The van der Waals surface area contributed by atoms with Gasteiger partial charge in [-0.2, -0.15) is 4.31 Å². The molecule has 3 heterocycles. The molecular formula is C30H39N5O6S2. The lowest BCUT2D eigenvalue weighted by molar-refractivity contribution is 0.0376. The summed E-state index contributed by atoms with van der Waals surface area (Å²) < 4.78 is 39.6. The van der Waals surface area contributed by atoms with Crippen molar-refractivity contribution in [2.45, 2.75) is 32.1 Å². The first-order valence-electron chi connectivity index (χ1n) is 14.7. The third-order valence-electron chi connectivity index (χ3n) is 7.75. The quantitative estimate of drug-likeness (QED) is 0.352. The molecule has 0 aliphatic carbocycles. The summed E-state index contributed by atoms with van der Waals surface area (Å²) in [4.78, 5) is 36.4. The number of nitrogens with zero attached hydrogens (tertiary/aromatic N) is 5. The van der Waals surface area contributed by atoms with E-state index in [1.807, 2.05) is 13.0 Å². The Morgan fingerprint density at radius 1 is 1.02 bits per heavy atom. The van der Waals surface area contributed by atoms with Gasteiger partial charge in [-0.3, -0.25) is 14.6 Å². The van der Waals surface area contributed by atoms with E-state index in [1.54, 1.807) is 24.0 Å². The molecule has 2 aliphatic heterocycles. The van der Waals surface area contributed by atoms with Gasteiger partial charge in [0.15, 0.2) is 5.13 Å². The van der Waals surface area contributed by atoms with Crippen LogP contribution in [0.15, 0.2) is 41.3 Å². The minimum Gasteiger partial charge on any atom is -0.450 e. The molecule has 0 atom stereocenters. The SMILES string of the molecule is CCOC(=O)N1CCN(S(=O)(=O)c2ccc(C(=O)N(CCCN3CCOCC3)c3nc4cc(C)cc(C)c4s3)cc2)CC1. The summed E-state index contributed by atoms with van der Waals surface area (Å²) in [7, 11) is -3.79. The average Bonchev–Trinajstić information content (AvgIpc) is 3.44. The maximum atomic E-state index is 13.9. The van der Waals surface area contributed by atoms with E-state index >= 15 is 0 Å². The van der Waals surface area contributed by atoms with Crippen molar-refractivity contribution in [3.63, 3.8) is 0 Å². The van der Waals surface area contributed by atoms with E-state index < -0.39 is 16.1 Å². The molecule has 2 aliphatic rings. The summed E-state index contributed by atoms with van der Waals surface area (Å²) >= 11 is 1.50. The normalized spacial score (nSPS) is 16.9. The summed E-state index contributed by atoms with van der Waals surface area (Å²) in [6, 6.07) is 10.3. The lowest BCUT2D eigenvalue weighted by Gasteiger charge is -2.33. The van der Waals surface area contributed by atoms with Crippen LogP contribution in [-0.4, -0.2) is 112 Å². The summed E-state index contributed by atoms with van der Waals surface area (Å²) in [5.41, 5.74) is 3.50. The summed E-state index contributed by atoms with van der Waals surface area (Å²) in [5, 5.41) is 0.631. The third-order valence-corrected chi connectivity index (χ3v) is 10.9. The predicted octanol–water partition coefficient (Wildman–Crippen LogP) is 3.75.